The van der Waals surface area contributed by atoms with Gasteiger partial charge in [0, 0.05) is 24.7 Å². The van der Waals surface area contributed by atoms with Gasteiger partial charge in [0.05, 0.1) is 29.6 Å². The molecule has 186 valence electrons. The molecular formula is C24H26N8O4. The third kappa shape index (κ3) is 4.44. The Balaban J connectivity index is 1.67. The first-order chi connectivity index (χ1) is 17.1. The topological polar surface area (TPSA) is 136 Å². The summed E-state index contributed by atoms with van der Waals surface area (Å²) in [6.07, 6.45) is 4.12. The molecule has 0 saturated heterocycles. The number of ether oxygens (including phenoxy) is 2. The van der Waals surface area contributed by atoms with Crippen molar-refractivity contribution >= 4 is 45.9 Å². The van der Waals surface area contributed by atoms with Crippen molar-refractivity contribution in [1.82, 2.24) is 29.9 Å². The van der Waals surface area contributed by atoms with Gasteiger partial charge in [0.15, 0.2) is 17.2 Å². The zero-order chi connectivity index (χ0) is 25.6. The minimum Gasteiger partial charge on any atom is -0.491 e. The SMILES string of the molecule is C[C@@H]1COc2ccnc3cnc(cc23)Nc2cc(N(C)C(=O)OC(C)(C)C)c3ncc(n3n2)C(=O)N1. The Hall–Kier alpha value is -4.48. The van der Waals surface area contributed by atoms with E-state index in [0.29, 0.717) is 34.2 Å². The number of hydrogen-bond donors (Lipinski definition) is 2. The second-order valence-electron chi connectivity index (χ2n) is 9.54. The smallest absolute Gasteiger partial charge is 0.414 e. The van der Waals surface area contributed by atoms with Gasteiger partial charge in [0.25, 0.3) is 5.91 Å². The molecular weight excluding hydrogens is 464 g/mol. The summed E-state index contributed by atoms with van der Waals surface area (Å²) in [6.45, 7) is 7.43. The normalized spacial score (nSPS) is 15.8. The van der Waals surface area contributed by atoms with Gasteiger partial charge in [-0.1, -0.05) is 0 Å². The summed E-state index contributed by atoms with van der Waals surface area (Å²) in [6, 6.07) is 4.90. The number of amides is 2. The predicted octanol–water partition coefficient (Wildman–Crippen LogP) is 3.30. The molecule has 12 heteroatoms. The van der Waals surface area contributed by atoms with Crippen LogP contribution in [-0.4, -0.2) is 61.9 Å². The minimum atomic E-state index is -0.692. The molecule has 2 amide bonds. The van der Waals surface area contributed by atoms with Gasteiger partial charge in [-0.3, -0.25) is 14.7 Å². The summed E-state index contributed by atoms with van der Waals surface area (Å²) in [7, 11) is 1.57. The van der Waals surface area contributed by atoms with Gasteiger partial charge in [-0.25, -0.2) is 19.3 Å². The number of imidazole rings is 1. The van der Waals surface area contributed by atoms with E-state index >= 15 is 0 Å². The van der Waals surface area contributed by atoms with E-state index in [9.17, 15) is 9.59 Å². The maximum Gasteiger partial charge on any atom is 0.414 e. The van der Waals surface area contributed by atoms with E-state index in [1.54, 1.807) is 52.3 Å². The molecule has 5 rings (SSSR count). The summed E-state index contributed by atoms with van der Waals surface area (Å²) < 4.78 is 12.9. The largest absolute Gasteiger partial charge is 0.491 e. The summed E-state index contributed by atoms with van der Waals surface area (Å²) in [5, 5.41) is 11.4. The van der Waals surface area contributed by atoms with E-state index in [1.807, 2.05) is 13.0 Å². The highest BCUT2D eigenvalue weighted by Crippen LogP contribution is 2.29. The molecule has 1 aliphatic rings. The third-order valence-corrected chi connectivity index (χ3v) is 5.42. The molecule has 0 aromatic carbocycles. The van der Waals surface area contributed by atoms with Crippen LogP contribution in [0.15, 0.2) is 36.8 Å². The van der Waals surface area contributed by atoms with Crippen molar-refractivity contribution < 1.29 is 19.1 Å². The van der Waals surface area contributed by atoms with Crippen LogP contribution in [0.2, 0.25) is 0 Å². The molecule has 0 unspecified atom stereocenters. The molecule has 0 aliphatic carbocycles. The fraction of sp³-hybridized carbons (Fsp3) is 0.333. The lowest BCUT2D eigenvalue weighted by molar-refractivity contribution is 0.0589. The van der Waals surface area contributed by atoms with Crippen molar-refractivity contribution in [2.45, 2.75) is 39.3 Å². The Labute approximate surface area is 206 Å². The molecule has 4 aromatic heterocycles. The Bertz CT molecular complexity index is 1490. The van der Waals surface area contributed by atoms with Crippen LogP contribution in [0.4, 0.5) is 22.1 Å². The van der Waals surface area contributed by atoms with E-state index < -0.39 is 11.7 Å². The lowest BCUT2D eigenvalue weighted by atomic mass is 10.2. The summed E-state index contributed by atoms with van der Waals surface area (Å²) >= 11 is 0. The van der Waals surface area contributed by atoms with Gasteiger partial charge in [-0.15, -0.1) is 5.10 Å². The summed E-state index contributed by atoms with van der Waals surface area (Å²) in [5.41, 5.74) is 0.875. The molecule has 36 heavy (non-hydrogen) atoms. The van der Waals surface area contributed by atoms with Crippen LogP contribution >= 0.6 is 0 Å². The Morgan fingerprint density at radius 2 is 2.00 bits per heavy atom. The number of nitrogens with zero attached hydrogens (tertiary/aromatic N) is 6. The lowest BCUT2D eigenvalue weighted by Crippen LogP contribution is -2.37. The van der Waals surface area contributed by atoms with Gasteiger partial charge in [-0.05, 0) is 39.8 Å². The molecule has 1 aliphatic heterocycles. The first-order valence-electron chi connectivity index (χ1n) is 11.4. The molecule has 0 saturated carbocycles. The van der Waals surface area contributed by atoms with E-state index in [0.717, 1.165) is 5.39 Å². The van der Waals surface area contributed by atoms with E-state index in [-0.39, 0.29) is 24.2 Å². The standard InChI is InChI=1S/C24H26N8O4/c1-13-12-35-18-6-7-25-15-10-26-19(8-14(15)18)29-20-9-16(31(5)23(34)36-24(2,3)4)21-27-11-17(22(33)28-13)32(21)30-20/h6-11,13H,12H2,1-5H3,(H,28,33)(H,26,29,30)/t13-/m1/s1. The molecule has 4 bridgehead atoms. The molecule has 0 fully saturated rings. The van der Waals surface area contributed by atoms with Crippen LogP contribution in [0.25, 0.3) is 16.6 Å². The number of fused-ring (bicyclic) bond motifs is 2. The van der Waals surface area contributed by atoms with Gasteiger partial charge >= 0.3 is 6.09 Å². The Morgan fingerprint density at radius 1 is 1.19 bits per heavy atom. The van der Waals surface area contributed by atoms with Crippen molar-refractivity contribution in [3.05, 3.63) is 42.5 Å². The summed E-state index contributed by atoms with van der Waals surface area (Å²) in [5.74, 6) is 1.04. The number of carbonyl (C=O) groups is 2. The number of hydrogen-bond acceptors (Lipinski definition) is 9. The average Bonchev–Trinajstić information content (AvgIpc) is 3.24. The van der Waals surface area contributed by atoms with E-state index in [4.69, 9.17) is 9.47 Å². The van der Waals surface area contributed by atoms with E-state index in [1.165, 1.54) is 15.6 Å². The number of carbonyl (C=O) groups excluding carboxylic acids is 2. The zero-order valence-electron chi connectivity index (χ0n) is 20.6. The number of nitrogens with one attached hydrogen (secondary N) is 2. The second-order valence-corrected chi connectivity index (χ2v) is 9.54. The number of pyridine rings is 2. The summed E-state index contributed by atoms with van der Waals surface area (Å²) in [4.78, 5) is 40.5. The molecule has 0 radical (unpaired) electrons. The zero-order valence-corrected chi connectivity index (χ0v) is 20.6. The molecule has 4 aromatic rings. The fourth-order valence-corrected chi connectivity index (χ4v) is 3.75. The Morgan fingerprint density at radius 3 is 2.78 bits per heavy atom. The average molecular weight is 491 g/mol. The van der Waals surface area contributed by atoms with E-state index in [2.05, 4.69) is 30.7 Å². The molecule has 1 atom stereocenters. The maximum atomic E-state index is 13.1. The second kappa shape index (κ2) is 8.63. The van der Waals surface area contributed by atoms with Crippen LogP contribution in [0.5, 0.6) is 5.75 Å². The van der Waals surface area contributed by atoms with Crippen molar-refractivity contribution in [1.29, 1.82) is 0 Å². The minimum absolute atomic E-state index is 0.199. The van der Waals surface area contributed by atoms with Crippen LogP contribution in [-0.2, 0) is 4.74 Å². The van der Waals surface area contributed by atoms with Crippen LogP contribution < -0.4 is 20.3 Å². The highest BCUT2D eigenvalue weighted by atomic mass is 16.6. The van der Waals surface area contributed by atoms with Gasteiger partial charge in [-0.2, -0.15) is 0 Å². The maximum absolute atomic E-state index is 13.1. The Kier molecular flexibility index (Phi) is 5.58. The highest BCUT2D eigenvalue weighted by molar-refractivity contribution is 5.97. The van der Waals surface area contributed by atoms with Crippen molar-refractivity contribution in [3.63, 3.8) is 0 Å². The molecule has 12 nitrogen and oxygen atoms in total. The first kappa shape index (κ1) is 23.3. The lowest BCUT2D eigenvalue weighted by Gasteiger charge is -2.25. The molecule has 0 spiro atoms. The predicted molar refractivity (Wildman–Crippen MR) is 133 cm³/mol. The van der Waals surface area contributed by atoms with Crippen molar-refractivity contribution in [2.24, 2.45) is 0 Å². The number of anilines is 3. The van der Waals surface area contributed by atoms with Crippen molar-refractivity contribution in [2.75, 3.05) is 23.9 Å². The number of rotatable bonds is 1. The quantitative estimate of drug-likeness (QED) is 0.412. The van der Waals surface area contributed by atoms with Crippen LogP contribution in [0, 0.1) is 0 Å². The molecule has 5 heterocycles. The molecule has 2 N–H and O–H groups in total. The fourth-order valence-electron chi connectivity index (χ4n) is 3.75. The monoisotopic (exact) mass is 490 g/mol. The van der Waals surface area contributed by atoms with Gasteiger partial charge in [0.2, 0.25) is 0 Å². The third-order valence-electron chi connectivity index (χ3n) is 5.42. The number of aromatic nitrogens is 5. The highest BCUT2D eigenvalue weighted by Gasteiger charge is 2.26. The van der Waals surface area contributed by atoms with Gasteiger partial charge in [0.1, 0.15) is 23.8 Å². The van der Waals surface area contributed by atoms with Crippen LogP contribution in [0.3, 0.4) is 0 Å². The van der Waals surface area contributed by atoms with Crippen molar-refractivity contribution in [3.8, 4) is 5.75 Å². The first-order valence-corrected chi connectivity index (χ1v) is 11.4. The van der Waals surface area contributed by atoms with Crippen LogP contribution in [0.1, 0.15) is 38.2 Å². The van der Waals surface area contributed by atoms with Gasteiger partial charge < -0.3 is 20.1 Å².